The Morgan fingerprint density at radius 1 is 0.944 bits per heavy atom. The summed E-state index contributed by atoms with van der Waals surface area (Å²) in [5.74, 6) is 2.11. The van der Waals surface area contributed by atoms with Crippen molar-refractivity contribution in [3.8, 4) is 5.69 Å². The zero-order valence-electron chi connectivity index (χ0n) is 19.6. The van der Waals surface area contributed by atoms with Gasteiger partial charge in [0.15, 0.2) is 5.82 Å². The molecule has 4 aliphatic rings. The first-order valence-corrected chi connectivity index (χ1v) is 12.4. The summed E-state index contributed by atoms with van der Waals surface area (Å²) in [4.78, 5) is 14.7. The van der Waals surface area contributed by atoms with Crippen molar-refractivity contribution in [3.05, 3.63) is 52.7 Å². The highest BCUT2D eigenvalue weighted by atomic mass is 35.5. The van der Waals surface area contributed by atoms with E-state index in [9.17, 15) is 13.2 Å². The van der Waals surface area contributed by atoms with Gasteiger partial charge in [-0.2, -0.15) is 13.2 Å². The number of halogens is 4. The third kappa shape index (κ3) is 3.18. The maximum atomic E-state index is 14.0. The smallest absolute Gasteiger partial charge is 0.354 e. The van der Waals surface area contributed by atoms with Crippen molar-refractivity contribution in [1.29, 1.82) is 0 Å². The summed E-state index contributed by atoms with van der Waals surface area (Å²) in [7, 11) is 0. The van der Waals surface area contributed by atoms with E-state index in [0.717, 1.165) is 48.9 Å². The van der Waals surface area contributed by atoms with Gasteiger partial charge < -0.3 is 9.80 Å². The molecule has 3 aliphatic heterocycles. The van der Waals surface area contributed by atoms with E-state index < -0.39 is 11.7 Å². The highest BCUT2D eigenvalue weighted by molar-refractivity contribution is 6.30. The normalized spacial score (nSPS) is 21.9. The van der Waals surface area contributed by atoms with Crippen LogP contribution in [0.3, 0.4) is 0 Å². The molecule has 3 fully saturated rings. The van der Waals surface area contributed by atoms with E-state index in [-0.39, 0.29) is 31.3 Å². The third-order valence-electron chi connectivity index (χ3n) is 8.09. The fraction of sp³-hybridized carbons (Fsp3) is 0.500. The minimum Gasteiger partial charge on any atom is -0.354 e. The number of rotatable bonds is 3. The van der Waals surface area contributed by atoms with Gasteiger partial charge >= 0.3 is 6.18 Å². The Balaban J connectivity index is 1.17. The molecule has 2 aromatic heterocycles. The number of anilines is 2. The zero-order valence-corrected chi connectivity index (χ0v) is 20.4. The standard InChI is InChI=1S/C24H24ClF3N8/c1-15-20(30-7-6-29-15)33-11-22(12-33)13-34(14-22)21-32-31-19-10-35(23(4-5-23)24(26,27)28)9-16-8-17(25)2-3-18(16)36(19)21/h2-3,6-8H,4-5,9-14H2,1H3. The summed E-state index contributed by atoms with van der Waals surface area (Å²) < 4.78 is 44.0. The number of hydrogen-bond donors (Lipinski definition) is 0. The molecule has 0 amide bonds. The topological polar surface area (TPSA) is 66.2 Å². The van der Waals surface area contributed by atoms with Gasteiger partial charge in [0.05, 0.1) is 17.9 Å². The quantitative estimate of drug-likeness (QED) is 0.525. The van der Waals surface area contributed by atoms with E-state index in [1.54, 1.807) is 24.5 Å². The first kappa shape index (κ1) is 22.3. The van der Waals surface area contributed by atoms with E-state index >= 15 is 0 Å². The minimum atomic E-state index is -4.30. The molecule has 0 N–H and O–H groups in total. The lowest BCUT2D eigenvalue weighted by Gasteiger charge is -2.60. The SMILES string of the molecule is Cc1nccnc1N1CC2(C1)CN(c1nnc3n1-c1ccc(Cl)cc1CN(C1(C(F)(F)F)CC1)C3)C2. The molecular weight excluding hydrogens is 493 g/mol. The van der Waals surface area contributed by atoms with E-state index in [1.165, 1.54) is 4.90 Å². The molecular formula is C24H24ClF3N8. The summed E-state index contributed by atoms with van der Waals surface area (Å²) in [6.45, 7) is 5.59. The van der Waals surface area contributed by atoms with Crippen LogP contribution in [0.4, 0.5) is 24.9 Å². The molecule has 8 nitrogen and oxygen atoms in total. The Hall–Kier alpha value is -2.92. The van der Waals surface area contributed by atoms with Crippen molar-refractivity contribution < 1.29 is 13.2 Å². The van der Waals surface area contributed by atoms with Gasteiger partial charge in [0, 0.05) is 55.6 Å². The summed E-state index contributed by atoms with van der Waals surface area (Å²) in [5, 5.41) is 9.34. The average molecular weight is 517 g/mol. The van der Waals surface area contributed by atoms with Crippen LogP contribution in [0.15, 0.2) is 30.6 Å². The fourth-order valence-corrected chi connectivity index (χ4v) is 6.32. The van der Waals surface area contributed by atoms with E-state index in [1.807, 2.05) is 17.6 Å². The molecule has 7 rings (SSSR count). The van der Waals surface area contributed by atoms with Gasteiger partial charge in [-0.25, -0.2) is 4.98 Å². The lowest BCUT2D eigenvalue weighted by Crippen LogP contribution is -2.73. The minimum absolute atomic E-state index is 0.0809. The Morgan fingerprint density at radius 2 is 1.67 bits per heavy atom. The Bertz CT molecular complexity index is 1350. The van der Waals surface area contributed by atoms with Crippen LogP contribution in [-0.2, 0) is 13.1 Å². The molecule has 0 bridgehead atoms. The second-order valence-corrected chi connectivity index (χ2v) is 11.0. The summed E-state index contributed by atoms with van der Waals surface area (Å²) in [6, 6.07) is 5.40. The van der Waals surface area contributed by atoms with Crippen LogP contribution in [0, 0.1) is 12.3 Å². The van der Waals surface area contributed by atoms with E-state index in [0.29, 0.717) is 16.8 Å². The molecule has 1 aromatic carbocycles. The van der Waals surface area contributed by atoms with Crippen molar-refractivity contribution >= 4 is 23.4 Å². The molecule has 1 saturated carbocycles. The lowest BCUT2D eigenvalue weighted by molar-refractivity contribution is -0.200. The predicted molar refractivity (Wildman–Crippen MR) is 127 cm³/mol. The van der Waals surface area contributed by atoms with Gasteiger partial charge in [-0.3, -0.25) is 14.5 Å². The van der Waals surface area contributed by atoms with Crippen LogP contribution in [0.25, 0.3) is 5.69 Å². The van der Waals surface area contributed by atoms with Crippen LogP contribution in [0.5, 0.6) is 0 Å². The van der Waals surface area contributed by atoms with Gasteiger partial charge in [0.2, 0.25) is 5.95 Å². The molecule has 1 spiro atoms. The molecule has 1 aliphatic carbocycles. The summed E-state index contributed by atoms with van der Waals surface area (Å²) in [5.41, 5.74) is 0.799. The molecule has 0 atom stereocenters. The van der Waals surface area contributed by atoms with Gasteiger partial charge in [-0.1, -0.05) is 11.6 Å². The second-order valence-electron chi connectivity index (χ2n) is 10.6. The number of alkyl halides is 3. The van der Waals surface area contributed by atoms with Gasteiger partial charge in [0.1, 0.15) is 11.4 Å². The van der Waals surface area contributed by atoms with Gasteiger partial charge in [0.25, 0.3) is 0 Å². The number of benzene rings is 1. The van der Waals surface area contributed by atoms with Crippen LogP contribution in [0.2, 0.25) is 5.02 Å². The molecule has 188 valence electrons. The monoisotopic (exact) mass is 516 g/mol. The molecule has 5 heterocycles. The number of hydrogen-bond acceptors (Lipinski definition) is 7. The fourth-order valence-electron chi connectivity index (χ4n) is 6.12. The van der Waals surface area contributed by atoms with Crippen LogP contribution < -0.4 is 9.80 Å². The Kier molecular flexibility index (Phi) is 4.53. The van der Waals surface area contributed by atoms with Crippen molar-refractivity contribution in [3.63, 3.8) is 0 Å². The maximum absolute atomic E-state index is 14.0. The molecule has 0 unspecified atom stereocenters. The Labute approximate surface area is 210 Å². The third-order valence-corrected chi connectivity index (χ3v) is 8.32. The van der Waals surface area contributed by atoms with Crippen LogP contribution in [-0.4, -0.2) is 67.5 Å². The van der Waals surface area contributed by atoms with E-state index in [4.69, 9.17) is 11.6 Å². The number of fused-ring (bicyclic) bond motifs is 3. The Morgan fingerprint density at radius 3 is 2.36 bits per heavy atom. The number of aryl methyl sites for hydroxylation is 1. The highest BCUT2D eigenvalue weighted by Gasteiger charge is 2.67. The summed E-state index contributed by atoms with van der Waals surface area (Å²) in [6.07, 6.45) is -0.690. The van der Waals surface area contributed by atoms with Crippen molar-refractivity contribution in [2.24, 2.45) is 5.41 Å². The largest absolute Gasteiger partial charge is 0.406 e. The van der Waals surface area contributed by atoms with Gasteiger partial charge in [-0.05, 0) is 43.5 Å². The summed E-state index contributed by atoms with van der Waals surface area (Å²) >= 11 is 6.27. The van der Waals surface area contributed by atoms with Crippen molar-refractivity contribution in [2.45, 2.75) is 44.6 Å². The number of aromatic nitrogens is 5. The second kappa shape index (κ2) is 7.32. The molecule has 3 aromatic rings. The molecule has 0 radical (unpaired) electrons. The molecule has 12 heteroatoms. The molecule has 2 saturated heterocycles. The lowest BCUT2D eigenvalue weighted by atomic mass is 9.73. The van der Waals surface area contributed by atoms with Crippen LogP contribution >= 0.6 is 11.6 Å². The highest BCUT2D eigenvalue weighted by Crippen LogP contribution is 2.55. The van der Waals surface area contributed by atoms with E-state index in [2.05, 4.69) is 30.0 Å². The van der Waals surface area contributed by atoms with Gasteiger partial charge in [-0.15, -0.1) is 10.2 Å². The zero-order chi connectivity index (χ0) is 24.9. The van der Waals surface area contributed by atoms with Crippen molar-refractivity contribution in [2.75, 3.05) is 36.0 Å². The first-order valence-electron chi connectivity index (χ1n) is 12.0. The average Bonchev–Trinajstić information content (AvgIpc) is 3.52. The molecule has 36 heavy (non-hydrogen) atoms. The number of nitrogens with zero attached hydrogens (tertiary/aromatic N) is 8. The predicted octanol–water partition coefficient (Wildman–Crippen LogP) is 3.76. The maximum Gasteiger partial charge on any atom is 0.406 e. The first-order chi connectivity index (χ1) is 17.2. The van der Waals surface area contributed by atoms with Crippen molar-refractivity contribution in [1.82, 2.24) is 29.6 Å². The van der Waals surface area contributed by atoms with Crippen LogP contribution in [0.1, 0.15) is 29.9 Å².